The summed E-state index contributed by atoms with van der Waals surface area (Å²) in [5.74, 6) is 0.576. The number of para-hydroxylation sites is 1. The van der Waals surface area contributed by atoms with Gasteiger partial charge in [-0.25, -0.2) is 4.79 Å². The summed E-state index contributed by atoms with van der Waals surface area (Å²) in [4.78, 5) is 28.6. The van der Waals surface area contributed by atoms with Crippen LogP contribution in [0.15, 0.2) is 39.9 Å². The quantitative estimate of drug-likeness (QED) is 0.768. The first-order chi connectivity index (χ1) is 13.0. The Hall–Kier alpha value is -2.54. The van der Waals surface area contributed by atoms with E-state index in [-0.39, 0.29) is 11.2 Å². The van der Waals surface area contributed by atoms with Gasteiger partial charge in [0, 0.05) is 58.6 Å². The summed E-state index contributed by atoms with van der Waals surface area (Å²) in [5, 5.41) is 3.22. The molecule has 0 bridgehead atoms. The smallest absolute Gasteiger partial charge is 0.332 e. The van der Waals surface area contributed by atoms with E-state index in [1.807, 2.05) is 0 Å². The SMILES string of the molecule is Cc1ccccc1N1CCN(CCCNc2cc(=O)n(C)c(=O)n2C)CC1. The predicted octanol–water partition coefficient (Wildman–Crippen LogP) is 1.02. The lowest BCUT2D eigenvalue weighted by Gasteiger charge is -2.36. The molecule has 1 N–H and O–H groups in total. The van der Waals surface area contributed by atoms with Crippen LogP contribution in [0.25, 0.3) is 0 Å². The van der Waals surface area contributed by atoms with Gasteiger partial charge in [0.1, 0.15) is 5.82 Å². The van der Waals surface area contributed by atoms with Crippen molar-refractivity contribution in [1.82, 2.24) is 14.0 Å². The topological polar surface area (TPSA) is 62.5 Å². The molecule has 1 saturated heterocycles. The minimum Gasteiger partial charge on any atom is -0.371 e. The van der Waals surface area contributed by atoms with Crippen LogP contribution in [0.4, 0.5) is 11.5 Å². The van der Waals surface area contributed by atoms with Gasteiger partial charge in [0.2, 0.25) is 0 Å². The predicted molar refractivity (Wildman–Crippen MR) is 110 cm³/mol. The third-order valence-corrected chi connectivity index (χ3v) is 5.31. The van der Waals surface area contributed by atoms with Gasteiger partial charge in [0.15, 0.2) is 0 Å². The molecule has 2 aromatic rings. The number of nitrogens with zero attached hydrogens (tertiary/aromatic N) is 4. The van der Waals surface area contributed by atoms with E-state index >= 15 is 0 Å². The fraction of sp³-hybridized carbons (Fsp3) is 0.500. The molecule has 0 radical (unpaired) electrons. The van der Waals surface area contributed by atoms with E-state index in [1.165, 1.54) is 28.9 Å². The van der Waals surface area contributed by atoms with Crippen molar-refractivity contribution in [3.05, 3.63) is 56.7 Å². The van der Waals surface area contributed by atoms with Crippen LogP contribution >= 0.6 is 0 Å². The Bertz CT molecular complexity index is 894. The Morgan fingerprint density at radius 1 is 1.00 bits per heavy atom. The second-order valence-corrected chi connectivity index (χ2v) is 7.16. The first-order valence-electron chi connectivity index (χ1n) is 9.51. The molecule has 1 aliphatic heterocycles. The first kappa shape index (κ1) is 19.2. The molecule has 0 atom stereocenters. The Morgan fingerprint density at radius 2 is 1.70 bits per heavy atom. The highest BCUT2D eigenvalue weighted by molar-refractivity contribution is 5.53. The number of aromatic nitrogens is 2. The zero-order valence-electron chi connectivity index (χ0n) is 16.4. The van der Waals surface area contributed by atoms with Crippen molar-refractivity contribution < 1.29 is 0 Å². The minimum absolute atomic E-state index is 0.284. The fourth-order valence-corrected chi connectivity index (χ4v) is 3.55. The van der Waals surface area contributed by atoms with Crippen molar-refractivity contribution in [1.29, 1.82) is 0 Å². The number of nitrogens with one attached hydrogen (secondary N) is 1. The molecule has 2 heterocycles. The Labute approximate surface area is 159 Å². The molecule has 0 spiro atoms. The second kappa shape index (κ2) is 8.43. The summed E-state index contributed by atoms with van der Waals surface area (Å²) in [6.07, 6.45) is 0.966. The van der Waals surface area contributed by atoms with Gasteiger partial charge in [-0.2, -0.15) is 0 Å². The van der Waals surface area contributed by atoms with Crippen LogP contribution in [0, 0.1) is 6.92 Å². The average Bonchev–Trinajstić information content (AvgIpc) is 2.68. The van der Waals surface area contributed by atoms with Crippen LogP contribution in [-0.4, -0.2) is 53.3 Å². The summed E-state index contributed by atoms with van der Waals surface area (Å²) >= 11 is 0. The molecule has 0 amide bonds. The van der Waals surface area contributed by atoms with Crippen LogP contribution in [-0.2, 0) is 14.1 Å². The molecule has 7 heteroatoms. The Morgan fingerprint density at radius 3 is 2.41 bits per heavy atom. The number of hydrogen-bond acceptors (Lipinski definition) is 5. The van der Waals surface area contributed by atoms with Crippen molar-refractivity contribution in [2.24, 2.45) is 14.1 Å². The highest BCUT2D eigenvalue weighted by Gasteiger charge is 2.17. The van der Waals surface area contributed by atoms with Crippen molar-refractivity contribution in [3.8, 4) is 0 Å². The summed E-state index contributed by atoms with van der Waals surface area (Å²) < 4.78 is 2.58. The van der Waals surface area contributed by atoms with Gasteiger partial charge in [-0.3, -0.25) is 18.8 Å². The molecule has 1 aliphatic rings. The summed E-state index contributed by atoms with van der Waals surface area (Å²) in [7, 11) is 3.17. The van der Waals surface area contributed by atoms with Gasteiger partial charge >= 0.3 is 5.69 Å². The van der Waals surface area contributed by atoms with E-state index in [1.54, 1.807) is 7.05 Å². The molecule has 1 aromatic carbocycles. The molecular formula is C20H29N5O2. The first-order valence-corrected chi connectivity index (χ1v) is 9.51. The fourth-order valence-electron chi connectivity index (χ4n) is 3.55. The zero-order chi connectivity index (χ0) is 19.4. The molecular weight excluding hydrogens is 342 g/mol. The second-order valence-electron chi connectivity index (χ2n) is 7.16. The molecule has 0 aliphatic carbocycles. The van der Waals surface area contributed by atoms with Crippen LogP contribution in [0.5, 0.6) is 0 Å². The molecule has 3 rings (SSSR count). The minimum atomic E-state index is -0.308. The van der Waals surface area contributed by atoms with E-state index in [0.29, 0.717) is 5.82 Å². The maximum atomic E-state index is 11.9. The largest absolute Gasteiger partial charge is 0.371 e. The highest BCUT2D eigenvalue weighted by atomic mass is 16.2. The van der Waals surface area contributed by atoms with Gasteiger partial charge < -0.3 is 10.2 Å². The highest BCUT2D eigenvalue weighted by Crippen LogP contribution is 2.20. The Kier molecular flexibility index (Phi) is 6.01. The molecule has 1 aromatic heterocycles. The standard InChI is InChI=1S/C20H29N5O2/c1-16-7-4-5-8-17(16)25-13-11-24(12-14-25)10-6-9-21-18-15-19(26)23(3)20(27)22(18)2/h4-5,7-8,15,21H,6,9-14H2,1-3H3. The van der Waals surface area contributed by atoms with Gasteiger partial charge in [-0.15, -0.1) is 0 Å². The average molecular weight is 371 g/mol. The van der Waals surface area contributed by atoms with Crippen molar-refractivity contribution >= 4 is 11.5 Å². The summed E-state index contributed by atoms with van der Waals surface area (Å²) in [5.41, 5.74) is 2.07. The van der Waals surface area contributed by atoms with E-state index in [0.717, 1.165) is 50.3 Å². The summed E-state index contributed by atoms with van der Waals surface area (Å²) in [6, 6.07) is 10.0. The number of piperazine rings is 1. The lowest BCUT2D eigenvalue weighted by molar-refractivity contribution is 0.257. The lowest BCUT2D eigenvalue weighted by atomic mass is 10.1. The number of hydrogen-bond donors (Lipinski definition) is 1. The van der Waals surface area contributed by atoms with E-state index in [2.05, 4.69) is 46.3 Å². The third-order valence-electron chi connectivity index (χ3n) is 5.31. The maximum absolute atomic E-state index is 11.9. The van der Waals surface area contributed by atoms with E-state index in [4.69, 9.17) is 0 Å². The van der Waals surface area contributed by atoms with Crippen molar-refractivity contribution in [2.45, 2.75) is 13.3 Å². The van der Waals surface area contributed by atoms with Gasteiger partial charge in [-0.05, 0) is 31.5 Å². The number of anilines is 2. The molecule has 146 valence electrons. The molecule has 27 heavy (non-hydrogen) atoms. The van der Waals surface area contributed by atoms with Crippen LogP contribution in [0.3, 0.4) is 0 Å². The van der Waals surface area contributed by atoms with E-state index in [9.17, 15) is 9.59 Å². The Balaban J connectivity index is 1.44. The van der Waals surface area contributed by atoms with Gasteiger partial charge in [0.05, 0.1) is 0 Å². The normalized spacial score (nSPS) is 15.1. The third kappa shape index (κ3) is 4.42. The number of benzene rings is 1. The summed E-state index contributed by atoms with van der Waals surface area (Å²) in [6.45, 7) is 8.10. The monoisotopic (exact) mass is 371 g/mol. The van der Waals surface area contributed by atoms with Crippen molar-refractivity contribution in [3.63, 3.8) is 0 Å². The lowest BCUT2D eigenvalue weighted by Crippen LogP contribution is -2.47. The van der Waals surface area contributed by atoms with Crippen molar-refractivity contribution in [2.75, 3.05) is 49.5 Å². The van der Waals surface area contributed by atoms with Crippen LogP contribution in [0.1, 0.15) is 12.0 Å². The molecule has 0 saturated carbocycles. The van der Waals surface area contributed by atoms with Crippen LogP contribution < -0.4 is 21.5 Å². The molecule has 0 unspecified atom stereocenters. The molecule has 7 nitrogen and oxygen atoms in total. The number of aryl methyl sites for hydroxylation is 1. The number of rotatable bonds is 6. The zero-order valence-corrected chi connectivity index (χ0v) is 16.4. The molecule has 1 fully saturated rings. The van der Waals surface area contributed by atoms with E-state index < -0.39 is 0 Å². The van der Waals surface area contributed by atoms with Crippen LogP contribution in [0.2, 0.25) is 0 Å². The van der Waals surface area contributed by atoms with Gasteiger partial charge in [-0.1, -0.05) is 18.2 Å². The maximum Gasteiger partial charge on any atom is 0.332 e. The van der Waals surface area contributed by atoms with Gasteiger partial charge in [0.25, 0.3) is 5.56 Å².